The van der Waals surface area contributed by atoms with E-state index in [0.29, 0.717) is 24.0 Å². The van der Waals surface area contributed by atoms with Crippen molar-refractivity contribution in [2.24, 2.45) is 0 Å². The third-order valence-corrected chi connectivity index (χ3v) is 4.60. The van der Waals surface area contributed by atoms with Crippen LogP contribution in [-0.2, 0) is 0 Å². The second-order valence-electron chi connectivity index (χ2n) is 5.92. The molecule has 22 heavy (non-hydrogen) atoms. The van der Waals surface area contributed by atoms with Gasteiger partial charge in [0.25, 0.3) is 0 Å². The van der Waals surface area contributed by atoms with E-state index < -0.39 is 0 Å². The Hall–Kier alpha value is -1.63. The smallest absolute Gasteiger partial charge is 0.324 e. The van der Waals surface area contributed by atoms with Crippen LogP contribution in [0.1, 0.15) is 32.1 Å². The Kier molecular flexibility index (Phi) is 4.92. The molecule has 7 heteroatoms. The summed E-state index contributed by atoms with van der Waals surface area (Å²) < 4.78 is 10.3. The number of aromatic nitrogens is 3. The molecule has 2 aliphatic rings. The summed E-state index contributed by atoms with van der Waals surface area (Å²) in [6.07, 6.45) is 6.41. The monoisotopic (exact) mass is 307 g/mol. The molecule has 3 heterocycles. The second-order valence-corrected chi connectivity index (χ2v) is 5.92. The van der Waals surface area contributed by atoms with Gasteiger partial charge in [-0.05, 0) is 38.8 Å². The maximum atomic E-state index is 5.13. The average Bonchev–Trinajstić information content (AvgIpc) is 2.62. The van der Waals surface area contributed by atoms with Gasteiger partial charge in [0.2, 0.25) is 5.95 Å². The minimum absolute atomic E-state index is 0.306. The molecule has 2 fully saturated rings. The van der Waals surface area contributed by atoms with E-state index in [0.717, 1.165) is 25.9 Å². The molecular formula is C15H25N5O2. The number of rotatable bonds is 4. The van der Waals surface area contributed by atoms with Crippen molar-refractivity contribution >= 4 is 5.95 Å². The lowest BCUT2D eigenvalue weighted by Gasteiger charge is -2.40. The van der Waals surface area contributed by atoms with E-state index in [1.54, 1.807) is 14.2 Å². The highest BCUT2D eigenvalue weighted by Gasteiger charge is 2.27. The predicted molar refractivity (Wildman–Crippen MR) is 83.6 cm³/mol. The number of methoxy groups -OCH3 is 2. The van der Waals surface area contributed by atoms with Gasteiger partial charge in [0.05, 0.1) is 14.2 Å². The fraction of sp³-hybridized carbons (Fsp3) is 0.800. The summed E-state index contributed by atoms with van der Waals surface area (Å²) in [6, 6.07) is 1.32. The lowest BCUT2D eigenvalue weighted by molar-refractivity contribution is 0.141. The van der Waals surface area contributed by atoms with Crippen LogP contribution in [0.4, 0.5) is 5.95 Å². The number of hydrogen-bond acceptors (Lipinski definition) is 7. The highest BCUT2D eigenvalue weighted by atomic mass is 16.5. The normalized spacial score (nSPS) is 20.9. The molecule has 0 amide bonds. The maximum absolute atomic E-state index is 5.13. The van der Waals surface area contributed by atoms with Crippen molar-refractivity contribution in [2.75, 3.05) is 45.3 Å². The zero-order valence-electron chi connectivity index (χ0n) is 13.5. The quantitative estimate of drug-likeness (QED) is 0.832. The summed E-state index contributed by atoms with van der Waals surface area (Å²) in [6.45, 7) is 4.46. The first-order valence-corrected chi connectivity index (χ1v) is 8.13. The average molecular weight is 307 g/mol. The third-order valence-electron chi connectivity index (χ3n) is 4.60. The summed E-state index contributed by atoms with van der Waals surface area (Å²) in [5.74, 6) is 0.654. The molecule has 0 atom stereocenters. The van der Waals surface area contributed by atoms with Gasteiger partial charge in [-0.15, -0.1) is 4.98 Å². The fourth-order valence-corrected chi connectivity index (χ4v) is 3.37. The van der Waals surface area contributed by atoms with Gasteiger partial charge in [-0.1, -0.05) is 6.42 Å². The van der Waals surface area contributed by atoms with Gasteiger partial charge < -0.3 is 19.3 Å². The first-order chi connectivity index (χ1) is 10.8. The van der Waals surface area contributed by atoms with Crippen molar-refractivity contribution in [1.82, 2.24) is 19.9 Å². The number of anilines is 1. The molecule has 0 aromatic carbocycles. The van der Waals surface area contributed by atoms with Crippen LogP contribution in [0.15, 0.2) is 0 Å². The van der Waals surface area contributed by atoms with E-state index >= 15 is 0 Å². The number of hydrogen-bond donors (Lipinski definition) is 0. The van der Waals surface area contributed by atoms with E-state index in [-0.39, 0.29) is 0 Å². The van der Waals surface area contributed by atoms with Crippen LogP contribution in [0.25, 0.3) is 0 Å². The molecule has 2 aliphatic heterocycles. The molecule has 122 valence electrons. The molecule has 0 N–H and O–H groups in total. The van der Waals surface area contributed by atoms with Crippen molar-refractivity contribution in [1.29, 1.82) is 0 Å². The molecule has 1 aromatic heterocycles. The minimum Gasteiger partial charge on any atom is -0.467 e. The van der Waals surface area contributed by atoms with Crippen molar-refractivity contribution < 1.29 is 9.47 Å². The zero-order chi connectivity index (χ0) is 15.4. The zero-order valence-corrected chi connectivity index (χ0v) is 13.5. The van der Waals surface area contributed by atoms with E-state index in [1.165, 1.54) is 32.4 Å². The summed E-state index contributed by atoms with van der Waals surface area (Å²) >= 11 is 0. The molecule has 0 unspecified atom stereocenters. The molecule has 3 rings (SSSR count). The van der Waals surface area contributed by atoms with Gasteiger partial charge in [-0.2, -0.15) is 9.97 Å². The van der Waals surface area contributed by atoms with Crippen LogP contribution in [0, 0.1) is 0 Å². The Bertz CT molecular complexity index is 463. The van der Waals surface area contributed by atoms with Crippen molar-refractivity contribution in [3.63, 3.8) is 0 Å². The summed E-state index contributed by atoms with van der Waals surface area (Å²) in [5, 5.41) is 0. The van der Waals surface area contributed by atoms with Gasteiger partial charge in [0.15, 0.2) is 0 Å². The van der Waals surface area contributed by atoms with Gasteiger partial charge in [-0.3, -0.25) is 0 Å². The predicted octanol–water partition coefficient (Wildman–Crippen LogP) is 1.34. The minimum atomic E-state index is 0.306. The highest BCUT2D eigenvalue weighted by Crippen LogP contribution is 2.24. The molecular weight excluding hydrogens is 282 g/mol. The molecule has 0 aliphatic carbocycles. The van der Waals surface area contributed by atoms with Gasteiger partial charge in [-0.25, -0.2) is 0 Å². The van der Waals surface area contributed by atoms with Crippen LogP contribution in [0.5, 0.6) is 12.0 Å². The first kappa shape index (κ1) is 15.3. The van der Waals surface area contributed by atoms with Crippen LogP contribution in [-0.4, -0.2) is 66.3 Å². The Morgan fingerprint density at radius 1 is 0.818 bits per heavy atom. The largest absolute Gasteiger partial charge is 0.467 e. The Morgan fingerprint density at radius 2 is 1.41 bits per heavy atom. The van der Waals surface area contributed by atoms with Gasteiger partial charge in [0, 0.05) is 19.1 Å². The number of likely N-dealkylation sites (tertiary alicyclic amines) is 1. The topological polar surface area (TPSA) is 63.6 Å². The van der Waals surface area contributed by atoms with E-state index in [9.17, 15) is 0 Å². The molecule has 0 spiro atoms. The van der Waals surface area contributed by atoms with Crippen LogP contribution < -0.4 is 14.4 Å². The second kappa shape index (κ2) is 7.09. The van der Waals surface area contributed by atoms with E-state index in [4.69, 9.17) is 9.47 Å². The summed E-state index contributed by atoms with van der Waals surface area (Å²) in [5.41, 5.74) is 0. The molecule has 2 saturated heterocycles. The van der Waals surface area contributed by atoms with Crippen LogP contribution in [0.3, 0.4) is 0 Å². The standard InChI is InChI=1S/C15H25N5O2/c1-21-14-16-13(17-15(18-14)22-2)20-10-6-12(7-11-20)19-8-4-3-5-9-19/h12H,3-11H2,1-2H3. The molecule has 1 aromatic rings. The fourth-order valence-electron chi connectivity index (χ4n) is 3.37. The van der Waals surface area contributed by atoms with E-state index in [1.807, 2.05) is 0 Å². The number of ether oxygens (including phenoxy) is 2. The van der Waals surface area contributed by atoms with E-state index in [2.05, 4.69) is 24.8 Å². The maximum Gasteiger partial charge on any atom is 0.324 e. The highest BCUT2D eigenvalue weighted by molar-refractivity contribution is 5.33. The molecule has 0 saturated carbocycles. The SMILES string of the molecule is COc1nc(OC)nc(N2CCC(N3CCCCC3)CC2)n1. The third kappa shape index (κ3) is 3.40. The first-order valence-electron chi connectivity index (χ1n) is 8.13. The van der Waals surface area contributed by atoms with Crippen molar-refractivity contribution in [3.8, 4) is 12.0 Å². The molecule has 7 nitrogen and oxygen atoms in total. The van der Waals surface area contributed by atoms with Crippen LogP contribution in [0.2, 0.25) is 0 Å². The van der Waals surface area contributed by atoms with Crippen LogP contribution >= 0.6 is 0 Å². The number of piperidine rings is 2. The lowest BCUT2D eigenvalue weighted by Crippen LogP contribution is -2.47. The summed E-state index contributed by atoms with van der Waals surface area (Å²) in [4.78, 5) is 17.6. The molecule has 0 bridgehead atoms. The lowest BCUT2D eigenvalue weighted by atomic mass is 10.0. The number of nitrogens with zero attached hydrogens (tertiary/aromatic N) is 5. The Labute approximate surface area is 131 Å². The Morgan fingerprint density at radius 3 is 1.95 bits per heavy atom. The van der Waals surface area contributed by atoms with Crippen molar-refractivity contribution in [3.05, 3.63) is 0 Å². The van der Waals surface area contributed by atoms with Gasteiger partial charge in [0.1, 0.15) is 0 Å². The summed E-state index contributed by atoms with van der Waals surface area (Å²) in [7, 11) is 3.11. The molecule has 0 radical (unpaired) electrons. The van der Waals surface area contributed by atoms with Crippen molar-refractivity contribution in [2.45, 2.75) is 38.1 Å². The Balaban J connectivity index is 1.63. The van der Waals surface area contributed by atoms with Gasteiger partial charge >= 0.3 is 12.0 Å².